The first-order valence-corrected chi connectivity index (χ1v) is 13.2. The molecule has 1 amide bonds. The number of carbonyl (C=O) groups excluding carboxylic acids is 1. The molecule has 2 fully saturated rings. The summed E-state index contributed by atoms with van der Waals surface area (Å²) in [5.41, 5.74) is 1.85. The highest BCUT2D eigenvalue weighted by Crippen LogP contribution is 2.42. The fourth-order valence-electron chi connectivity index (χ4n) is 5.16. The van der Waals surface area contributed by atoms with Gasteiger partial charge in [0.1, 0.15) is 12.3 Å². The summed E-state index contributed by atoms with van der Waals surface area (Å²) in [4.78, 5) is 23.3. The van der Waals surface area contributed by atoms with E-state index < -0.39 is 12.0 Å². The Morgan fingerprint density at radius 3 is 2.65 bits per heavy atom. The highest BCUT2D eigenvalue weighted by atomic mass is 35.5. The monoisotopic (exact) mass is 529 g/mol. The van der Waals surface area contributed by atoms with Gasteiger partial charge in [0, 0.05) is 44.6 Å². The lowest BCUT2D eigenvalue weighted by atomic mass is 10.0. The Balaban J connectivity index is 1.29. The molecular formula is C27H33ClFN5O3. The normalized spacial score (nSPS) is 20.2. The van der Waals surface area contributed by atoms with Gasteiger partial charge in [-0.25, -0.2) is 9.38 Å². The van der Waals surface area contributed by atoms with Gasteiger partial charge in [0.05, 0.1) is 36.4 Å². The fraction of sp³-hybridized carbons (Fsp3) is 0.481. The summed E-state index contributed by atoms with van der Waals surface area (Å²) < 4.78 is 26.7. The lowest BCUT2D eigenvalue weighted by Gasteiger charge is -2.35. The molecule has 1 unspecified atom stereocenters. The van der Waals surface area contributed by atoms with Crippen LogP contribution in [0.4, 0.5) is 15.8 Å². The van der Waals surface area contributed by atoms with E-state index >= 15 is 0 Å². The number of halogens is 2. The van der Waals surface area contributed by atoms with E-state index in [0.29, 0.717) is 42.5 Å². The molecule has 37 heavy (non-hydrogen) atoms. The molecule has 0 aromatic heterocycles. The Morgan fingerprint density at radius 2 is 1.92 bits per heavy atom. The fourth-order valence-corrected chi connectivity index (χ4v) is 5.34. The number of ether oxygens (including phenoxy) is 2. The Labute approximate surface area is 222 Å². The second-order valence-corrected chi connectivity index (χ2v) is 10.2. The molecule has 3 heterocycles. The first-order valence-electron chi connectivity index (χ1n) is 12.8. The molecule has 0 aliphatic carbocycles. The van der Waals surface area contributed by atoms with Gasteiger partial charge in [0.2, 0.25) is 5.91 Å². The van der Waals surface area contributed by atoms with Crippen LogP contribution in [0.15, 0.2) is 35.3 Å². The Bertz CT molecular complexity index is 1160. The van der Waals surface area contributed by atoms with Crippen molar-refractivity contribution in [3.8, 4) is 11.5 Å². The molecular weight excluding hydrogens is 497 g/mol. The Hall–Kier alpha value is -3.04. The number of piperidine rings is 1. The number of methoxy groups -OCH3 is 1. The number of fused-ring (bicyclic) bond motifs is 1. The van der Waals surface area contributed by atoms with Crippen LogP contribution < -0.4 is 14.8 Å². The molecule has 2 aromatic rings. The number of nitrogens with zero attached hydrogens (tertiary/aromatic N) is 4. The van der Waals surface area contributed by atoms with E-state index in [4.69, 9.17) is 21.1 Å². The van der Waals surface area contributed by atoms with Crippen LogP contribution >= 0.6 is 11.6 Å². The smallest absolute Gasteiger partial charge is 0.236 e. The lowest BCUT2D eigenvalue weighted by molar-refractivity contribution is -0.134. The van der Waals surface area contributed by atoms with Crippen LogP contribution in [0.1, 0.15) is 37.4 Å². The van der Waals surface area contributed by atoms with E-state index in [-0.39, 0.29) is 17.0 Å². The van der Waals surface area contributed by atoms with E-state index in [2.05, 4.69) is 15.2 Å². The average molecular weight is 530 g/mol. The number of rotatable bonds is 7. The number of hydrogen-bond acceptors (Lipinski definition) is 7. The zero-order chi connectivity index (χ0) is 25.9. The summed E-state index contributed by atoms with van der Waals surface area (Å²) in [6, 6.07) is 8.62. The van der Waals surface area contributed by atoms with Crippen LogP contribution in [0, 0.1) is 5.82 Å². The molecule has 10 heteroatoms. The number of likely N-dealkylation sites (tertiary alicyclic amines) is 2. The topological polar surface area (TPSA) is 69.6 Å². The molecule has 0 saturated carbocycles. The number of amides is 1. The van der Waals surface area contributed by atoms with E-state index in [0.717, 1.165) is 31.5 Å². The Kier molecular flexibility index (Phi) is 7.71. The van der Waals surface area contributed by atoms with E-state index in [1.165, 1.54) is 18.9 Å². The highest BCUT2D eigenvalue weighted by molar-refractivity contribution is 6.31. The third kappa shape index (κ3) is 5.62. The molecule has 1 N–H and O–H groups in total. The minimum atomic E-state index is -0.502. The molecule has 2 saturated heterocycles. The van der Waals surface area contributed by atoms with Crippen LogP contribution in [0.5, 0.6) is 11.5 Å². The standard InChI is InChI=1S/C27H33ClFN5O3/c1-32-17-30-22-15-23(36-2)24(14-19(22)27(32)31-21-7-5-6-20(28)26(21)29)37-18-8-12-34(13-9-18)25(35)16-33-10-3-4-11-33/h5-7,14-15,17-18,27,31H,3-4,8-13,16H2,1-2H3. The summed E-state index contributed by atoms with van der Waals surface area (Å²) in [6.45, 7) is 3.90. The summed E-state index contributed by atoms with van der Waals surface area (Å²) in [5.74, 6) is 0.889. The molecule has 3 aliphatic rings. The largest absolute Gasteiger partial charge is 0.493 e. The molecule has 1 atom stereocenters. The second kappa shape index (κ2) is 11.1. The van der Waals surface area contributed by atoms with Crippen LogP contribution in [-0.4, -0.2) is 79.9 Å². The van der Waals surface area contributed by atoms with Crippen molar-refractivity contribution in [1.82, 2.24) is 14.7 Å². The maximum absolute atomic E-state index is 14.6. The SMILES string of the molecule is COc1cc2c(cc1OC1CCN(C(=O)CN3CCCC3)CC1)C(Nc1cccc(Cl)c1F)N(C)C=N2. The van der Waals surface area contributed by atoms with Crippen LogP contribution in [0.3, 0.4) is 0 Å². The van der Waals surface area contributed by atoms with Gasteiger partial charge in [-0.2, -0.15) is 0 Å². The quantitative estimate of drug-likeness (QED) is 0.562. The summed E-state index contributed by atoms with van der Waals surface area (Å²) in [7, 11) is 3.47. The molecule has 3 aliphatic heterocycles. The molecule has 2 aromatic carbocycles. The van der Waals surface area contributed by atoms with Gasteiger partial charge in [-0.05, 0) is 44.1 Å². The number of nitrogens with one attached hydrogen (secondary N) is 1. The lowest BCUT2D eigenvalue weighted by Crippen LogP contribution is -2.45. The third-order valence-electron chi connectivity index (χ3n) is 7.28. The van der Waals surface area contributed by atoms with Crippen LogP contribution in [0.25, 0.3) is 0 Å². The molecule has 0 radical (unpaired) electrons. The van der Waals surface area contributed by atoms with Gasteiger partial charge in [0.25, 0.3) is 0 Å². The predicted molar refractivity (Wildman–Crippen MR) is 143 cm³/mol. The van der Waals surface area contributed by atoms with Crippen molar-refractivity contribution in [2.75, 3.05) is 52.2 Å². The molecule has 0 spiro atoms. The van der Waals surface area contributed by atoms with Crippen molar-refractivity contribution in [2.45, 2.75) is 38.0 Å². The van der Waals surface area contributed by atoms with Gasteiger partial charge in [0.15, 0.2) is 17.3 Å². The maximum Gasteiger partial charge on any atom is 0.236 e. The maximum atomic E-state index is 14.6. The van der Waals surface area contributed by atoms with Crippen molar-refractivity contribution in [3.05, 3.63) is 46.7 Å². The minimum Gasteiger partial charge on any atom is -0.493 e. The Morgan fingerprint density at radius 1 is 1.16 bits per heavy atom. The van der Waals surface area contributed by atoms with Crippen molar-refractivity contribution in [1.29, 1.82) is 0 Å². The van der Waals surface area contributed by atoms with Crippen molar-refractivity contribution >= 4 is 35.2 Å². The van der Waals surface area contributed by atoms with Gasteiger partial charge in [-0.3, -0.25) is 9.69 Å². The van der Waals surface area contributed by atoms with Crippen LogP contribution in [0.2, 0.25) is 5.02 Å². The van der Waals surface area contributed by atoms with Gasteiger partial charge in [-0.15, -0.1) is 0 Å². The second-order valence-electron chi connectivity index (χ2n) is 9.80. The number of benzene rings is 2. The van der Waals surface area contributed by atoms with E-state index in [9.17, 15) is 9.18 Å². The average Bonchev–Trinajstić information content (AvgIpc) is 3.41. The zero-order valence-corrected chi connectivity index (χ0v) is 22.0. The summed E-state index contributed by atoms with van der Waals surface area (Å²) in [6.07, 6.45) is 5.12. The van der Waals surface area contributed by atoms with E-state index in [1.54, 1.807) is 25.6 Å². The number of aliphatic imine (C=N–C) groups is 1. The van der Waals surface area contributed by atoms with Gasteiger partial charge >= 0.3 is 0 Å². The first-order chi connectivity index (χ1) is 17.9. The molecule has 5 rings (SSSR count). The van der Waals surface area contributed by atoms with Crippen molar-refractivity contribution in [2.24, 2.45) is 4.99 Å². The summed E-state index contributed by atoms with van der Waals surface area (Å²) in [5, 5.41) is 3.30. The number of hydrogen-bond donors (Lipinski definition) is 1. The van der Waals surface area contributed by atoms with Crippen LogP contribution in [-0.2, 0) is 4.79 Å². The molecule has 0 bridgehead atoms. The highest BCUT2D eigenvalue weighted by Gasteiger charge is 2.29. The minimum absolute atomic E-state index is 0.0376. The third-order valence-corrected chi connectivity index (χ3v) is 7.58. The van der Waals surface area contributed by atoms with E-state index in [1.807, 2.05) is 29.0 Å². The summed E-state index contributed by atoms with van der Waals surface area (Å²) >= 11 is 6.00. The van der Waals surface area contributed by atoms with Gasteiger partial charge < -0.3 is 24.6 Å². The van der Waals surface area contributed by atoms with Crippen molar-refractivity contribution < 1.29 is 18.7 Å². The number of anilines is 1. The first kappa shape index (κ1) is 25.6. The number of carbonyl (C=O) groups is 1. The van der Waals surface area contributed by atoms with Crippen molar-refractivity contribution in [3.63, 3.8) is 0 Å². The zero-order valence-electron chi connectivity index (χ0n) is 21.3. The van der Waals surface area contributed by atoms with Gasteiger partial charge in [-0.1, -0.05) is 17.7 Å². The predicted octanol–water partition coefficient (Wildman–Crippen LogP) is 4.67. The molecule has 198 valence electrons. The molecule has 8 nitrogen and oxygen atoms in total.